The Morgan fingerprint density at radius 2 is 2.30 bits per heavy atom. The van der Waals surface area contributed by atoms with Crippen molar-refractivity contribution in [2.75, 3.05) is 20.2 Å². The van der Waals surface area contributed by atoms with Crippen molar-refractivity contribution in [3.63, 3.8) is 0 Å². The lowest BCUT2D eigenvalue weighted by Gasteiger charge is -2.19. The number of rotatable bonds is 6. The molecular weight excluding hydrogens is 276 g/mol. The normalized spacial score (nSPS) is 18.6. The van der Waals surface area contributed by atoms with E-state index in [9.17, 15) is 4.79 Å². The molecular formula is C15H21ClN2O2. The lowest BCUT2D eigenvalue weighted by Crippen LogP contribution is -2.38. The van der Waals surface area contributed by atoms with E-state index in [1.165, 1.54) is 0 Å². The molecule has 1 aliphatic heterocycles. The molecule has 110 valence electrons. The standard InChI is InChI=1S/C15H21ClN2O2/c1-3-8-17-13-7-9-18(15(13)19)10-11-12(16)5-4-6-14(11)20-2/h4-6,13,17H,3,7-10H2,1-2H3. The van der Waals surface area contributed by atoms with Gasteiger partial charge in [0.25, 0.3) is 0 Å². The molecule has 0 bridgehead atoms. The minimum absolute atomic E-state index is 0.0524. The summed E-state index contributed by atoms with van der Waals surface area (Å²) in [6.07, 6.45) is 1.88. The maximum atomic E-state index is 12.3. The second-order valence-corrected chi connectivity index (χ2v) is 5.38. The number of amides is 1. The number of nitrogens with one attached hydrogen (secondary N) is 1. The highest BCUT2D eigenvalue weighted by Crippen LogP contribution is 2.29. The molecule has 20 heavy (non-hydrogen) atoms. The van der Waals surface area contributed by atoms with E-state index in [0.717, 1.165) is 37.2 Å². The van der Waals surface area contributed by atoms with Gasteiger partial charge in [0.2, 0.25) is 5.91 Å². The number of likely N-dealkylation sites (tertiary alicyclic amines) is 1. The largest absolute Gasteiger partial charge is 0.496 e. The zero-order valence-corrected chi connectivity index (χ0v) is 12.7. The van der Waals surface area contributed by atoms with E-state index >= 15 is 0 Å². The Kier molecular flexibility index (Phi) is 5.26. The van der Waals surface area contributed by atoms with Crippen molar-refractivity contribution in [3.8, 4) is 5.75 Å². The fraction of sp³-hybridized carbons (Fsp3) is 0.533. The average molecular weight is 297 g/mol. The van der Waals surface area contributed by atoms with Crippen LogP contribution in [0.5, 0.6) is 5.75 Å². The smallest absolute Gasteiger partial charge is 0.240 e. The summed E-state index contributed by atoms with van der Waals surface area (Å²) in [5, 5.41) is 3.93. The number of carbonyl (C=O) groups excluding carboxylic acids is 1. The van der Waals surface area contributed by atoms with Gasteiger partial charge in [-0.3, -0.25) is 4.79 Å². The van der Waals surface area contributed by atoms with Gasteiger partial charge < -0.3 is 15.0 Å². The van der Waals surface area contributed by atoms with Crippen LogP contribution in [0.2, 0.25) is 5.02 Å². The second-order valence-electron chi connectivity index (χ2n) is 4.98. The Hall–Kier alpha value is -1.26. The molecule has 1 heterocycles. The Labute approximate surface area is 125 Å². The maximum Gasteiger partial charge on any atom is 0.240 e. The van der Waals surface area contributed by atoms with Gasteiger partial charge in [-0.2, -0.15) is 0 Å². The topological polar surface area (TPSA) is 41.6 Å². The predicted octanol–water partition coefficient (Wildman–Crippen LogP) is 2.45. The zero-order chi connectivity index (χ0) is 14.5. The van der Waals surface area contributed by atoms with E-state index in [-0.39, 0.29) is 11.9 Å². The van der Waals surface area contributed by atoms with Crippen LogP contribution in [-0.4, -0.2) is 37.0 Å². The van der Waals surface area contributed by atoms with Gasteiger partial charge in [0.05, 0.1) is 19.7 Å². The number of methoxy groups -OCH3 is 1. The summed E-state index contributed by atoms with van der Waals surface area (Å²) in [4.78, 5) is 14.2. The van der Waals surface area contributed by atoms with E-state index < -0.39 is 0 Å². The number of carbonyl (C=O) groups is 1. The second kappa shape index (κ2) is 6.95. The molecule has 1 aliphatic rings. The Morgan fingerprint density at radius 3 is 3.00 bits per heavy atom. The monoisotopic (exact) mass is 296 g/mol. The van der Waals surface area contributed by atoms with Crippen LogP contribution >= 0.6 is 11.6 Å². The number of ether oxygens (including phenoxy) is 1. The average Bonchev–Trinajstić information content (AvgIpc) is 2.79. The highest BCUT2D eigenvalue weighted by molar-refractivity contribution is 6.31. The molecule has 0 spiro atoms. The highest BCUT2D eigenvalue weighted by atomic mass is 35.5. The quantitative estimate of drug-likeness (QED) is 0.877. The van der Waals surface area contributed by atoms with Crippen LogP contribution in [-0.2, 0) is 11.3 Å². The first-order valence-corrected chi connectivity index (χ1v) is 7.38. The third-order valence-electron chi connectivity index (χ3n) is 3.58. The molecule has 0 aromatic heterocycles. The molecule has 1 fully saturated rings. The number of benzene rings is 1. The van der Waals surface area contributed by atoms with Gasteiger partial charge in [-0.15, -0.1) is 0 Å². The van der Waals surface area contributed by atoms with Gasteiger partial charge in [0, 0.05) is 17.1 Å². The summed E-state index contributed by atoms with van der Waals surface area (Å²) in [6, 6.07) is 5.49. The van der Waals surface area contributed by atoms with Crippen LogP contribution < -0.4 is 10.1 Å². The third-order valence-corrected chi connectivity index (χ3v) is 3.94. The minimum Gasteiger partial charge on any atom is -0.496 e. The summed E-state index contributed by atoms with van der Waals surface area (Å²) >= 11 is 6.22. The van der Waals surface area contributed by atoms with E-state index in [0.29, 0.717) is 11.6 Å². The maximum absolute atomic E-state index is 12.3. The van der Waals surface area contributed by atoms with Crippen molar-refractivity contribution in [3.05, 3.63) is 28.8 Å². The van der Waals surface area contributed by atoms with E-state index in [2.05, 4.69) is 12.2 Å². The molecule has 1 amide bonds. The molecule has 1 aromatic rings. The summed E-state index contributed by atoms with van der Waals surface area (Å²) in [7, 11) is 1.62. The van der Waals surface area contributed by atoms with Crippen LogP contribution in [0.15, 0.2) is 18.2 Å². The first kappa shape index (κ1) is 15.1. The van der Waals surface area contributed by atoms with Crippen molar-refractivity contribution in [2.24, 2.45) is 0 Å². The fourth-order valence-corrected chi connectivity index (χ4v) is 2.70. The SMILES string of the molecule is CCCNC1CCN(Cc2c(Cl)cccc2OC)C1=O. The number of hydrogen-bond acceptors (Lipinski definition) is 3. The first-order chi connectivity index (χ1) is 9.67. The predicted molar refractivity (Wildman–Crippen MR) is 80.1 cm³/mol. The number of hydrogen-bond donors (Lipinski definition) is 1. The van der Waals surface area contributed by atoms with Crippen molar-refractivity contribution in [2.45, 2.75) is 32.4 Å². The molecule has 4 nitrogen and oxygen atoms in total. The summed E-state index contributed by atoms with van der Waals surface area (Å²) < 4.78 is 5.33. The fourth-order valence-electron chi connectivity index (χ4n) is 2.48. The molecule has 1 atom stereocenters. The van der Waals surface area contributed by atoms with Gasteiger partial charge in [-0.05, 0) is 31.5 Å². The van der Waals surface area contributed by atoms with Crippen LogP contribution in [0.4, 0.5) is 0 Å². The first-order valence-electron chi connectivity index (χ1n) is 7.01. The van der Waals surface area contributed by atoms with Crippen molar-refractivity contribution < 1.29 is 9.53 Å². The Balaban J connectivity index is 2.06. The summed E-state index contributed by atoms with van der Waals surface area (Å²) in [6.45, 7) is 4.24. The van der Waals surface area contributed by atoms with Gasteiger partial charge in [0.1, 0.15) is 5.75 Å². The summed E-state index contributed by atoms with van der Waals surface area (Å²) in [5.74, 6) is 0.885. The van der Waals surface area contributed by atoms with E-state index in [4.69, 9.17) is 16.3 Å². The molecule has 0 radical (unpaired) electrons. The zero-order valence-electron chi connectivity index (χ0n) is 12.0. The van der Waals surface area contributed by atoms with Crippen LogP contribution in [0.25, 0.3) is 0 Å². The third kappa shape index (κ3) is 3.25. The summed E-state index contributed by atoms with van der Waals surface area (Å²) in [5.41, 5.74) is 0.876. The molecule has 0 saturated carbocycles. The molecule has 2 rings (SSSR count). The van der Waals surface area contributed by atoms with Crippen molar-refractivity contribution in [1.82, 2.24) is 10.2 Å². The van der Waals surface area contributed by atoms with Gasteiger partial charge in [0.15, 0.2) is 0 Å². The molecule has 1 aromatic carbocycles. The molecule has 5 heteroatoms. The molecule has 0 aliphatic carbocycles. The van der Waals surface area contributed by atoms with Crippen molar-refractivity contribution >= 4 is 17.5 Å². The minimum atomic E-state index is -0.0524. The van der Waals surface area contributed by atoms with Gasteiger partial charge in [-0.1, -0.05) is 24.6 Å². The van der Waals surface area contributed by atoms with Crippen LogP contribution in [0.1, 0.15) is 25.3 Å². The van der Waals surface area contributed by atoms with Crippen molar-refractivity contribution in [1.29, 1.82) is 0 Å². The lowest BCUT2D eigenvalue weighted by atomic mass is 10.2. The van der Waals surface area contributed by atoms with Gasteiger partial charge in [-0.25, -0.2) is 0 Å². The van der Waals surface area contributed by atoms with E-state index in [1.54, 1.807) is 7.11 Å². The molecule has 1 N–H and O–H groups in total. The molecule has 1 unspecified atom stereocenters. The van der Waals surface area contributed by atoms with Crippen LogP contribution in [0.3, 0.4) is 0 Å². The van der Waals surface area contributed by atoms with E-state index in [1.807, 2.05) is 23.1 Å². The Morgan fingerprint density at radius 1 is 1.50 bits per heavy atom. The highest BCUT2D eigenvalue weighted by Gasteiger charge is 2.31. The Bertz CT molecular complexity index is 479. The lowest BCUT2D eigenvalue weighted by molar-refractivity contribution is -0.129. The van der Waals surface area contributed by atoms with Crippen LogP contribution in [0, 0.1) is 0 Å². The number of halogens is 1. The molecule has 1 saturated heterocycles. The number of nitrogens with zero attached hydrogens (tertiary/aromatic N) is 1. The van der Waals surface area contributed by atoms with Gasteiger partial charge >= 0.3 is 0 Å².